The van der Waals surface area contributed by atoms with Gasteiger partial charge in [0.2, 0.25) is 5.91 Å². The highest BCUT2D eigenvalue weighted by atomic mass is 19.1. The van der Waals surface area contributed by atoms with Gasteiger partial charge in [-0.05, 0) is 30.3 Å². The number of halogens is 1. The Bertz CT molecular complexity index is 690. The van der Waals surface area contributed by atoms with Crippen molar-refractivity contribution >= 4 is 11.6 Å². The molecule has 0 aliphatic heterocycles. The fourth-order valence-corrected chi connectivity index (χ4v) is 1.74. The van der Waals surface area contributed by atoms with Crippen LogP contribution in [0.5, 0.6) is 0 Å². The molecule has 0 aliphatic rings. The monoisotopic (exact) mass is 283 g/mol. The van der Waals surface area contributed by atoms with Crippen LogP contribution in [0.4, 0.5) is 10.1 Å². The summed E-state index contributed by atoms with van der Waals surface area (Å²) in [6.07, 6.45) is 1.76. The number of anilines is 1. The van der Waals surface area contributed by atoms with Crippen molar-refractivity contribution in [1.29, 1.82) is 0 Å². The van der Waals surface area contributed by atoms with E-state index in [9.17, 15) is 9.18 Å². The van der Waals surface area contributed by atoms with Gasteiger partial charge in [0.25, 0.3) is 0 Å². The average molecular weight is 283 g/mol. The number of aromatic nitrogens is 1. The Morgan fingerprint density at radius 1 is 1.33 bits per heavy atom. The van der Waals surface area contributed by atoms with E-state index in [1.807, 2.05) is 6.07 Å². The van der Waals surface area contributed by atoms with E-state index < -0.39 is 5.82 Å². The number of hydrogen-bond acceptors (Lipinski definition) is 3. The maximum absolute atomic E-state index is 13.2. The van der Waals surface area contributed by atoms with Crippen molar-refractivity contribution in [3.63, 3.8) is 0 Å². The third-order valence-electron chi connectivity index (χ3n) is 2.65. The fourth-order valence-electron chi connectivity index (χ4n) is 1.74. The van der Waals surface area contributed by atoms with Gasteiger partial charge < -0.3 is 11.1 Å². The van der Waals surface area contributed by atoms with E-state index in [-0.39, 0.29) is 18.9 Å². The van der Waals surface area contributed by atoms with Crippen LogP contribution < -0.4 is 11.1 Å². The van der Waals surface area contributed by atoms with Crippen molar-refractivity contribution in [2.45, 2.75) is 6.42 Å². The van der Waals surface area contributed by atoms with Crippen molar-refractivity contribution in [2.24, 2.45) is 5.73 Å². The molecule has 0 bridgehead atoms. The van der Waals surface area contributed by atoms with Crippen LogP contribution >= 0.6 is 0 Å². The first kappa shape index (κ1) is 14.7. The van der Waals surface area contributed by atoms with E-state index >= 15 is 0 Å². The van der Waals surface area contributed by atoms with E-state index in [1.165, 1.54) is 18.2 Å². The van der Waals surface area contributed by atoms with Gasteiger partial charge in [0.1, 0.15) is 5.82 Å². The van der Waals surface area contributed by atoms with Gasteiger partial charge in [0.15, 0.2) is 0 Å². The SMILES string of the molecule is NCC#Cc1cc(F)ccc1NC(=O)Cc1ccccn1. The molecule has 1 aromatic heterocycles. The summed E-state index contributed by atoms with van der Waals surface area (Å²) in [5.41, 5.74) is 6.82. The summed E-state index contributed by atoms with van der Waals surface area (Å²) < 4.78 is 13.2. The maximum atomic E-state index is 13.2. The smallest absolute Gasteiger partial charge is 0.230 e. The summed E-state index contributed by atoms with van der Waals surface area (Å²) >= 11 is 0. The number of nitrogens with two attached hydrogens (primary N) is 1. The third kappa shape index (κ3) is 4.41. The quantitative estimate of drug-likeness (QED) is 0.843. The second-order valence-electron chi connectivity index (χ2n) is 4.24. The Morgan fingerprint density at radius 2 is 2.19 bits per heavy atom. The van der Waals surface area contributed by atoms with Crippen LogP contribution in [0.15, 0.2) is 42.6 Å². The molecule has 0 saturated heterocycles. The van der Waals surface area contributed by atoms with Gasteiger partial charge in [-0.25, -0.2) is 4.39 Å². The van der Waals surface area contributed by atoms with Gasteiger partial charge in [0, 0.05) is 11.9 Å². The van der Waals surface area contributed by atoms with Crippen molar-refractivity contribution in [2.75, 3.05) is 11.9 Å². The Kier molecular flexibility index (Phi) is 5.02. The summed E-state index contributed by atoms with van der Waals surface area (Å²) in [5.74, 6) is 4.72. The molecule has 1 aromatic carbocycles. The molecule has 3 N–H and O–H groups in total. The molecule has 0 unspecified atom stereocenters. The number of amides is 1. The lowest BCUT2D eigenvalue weighted by molar-refractivity contribution is -0.115. The molecule has 2 rings (SSSR count). The van der Waals surface area contributed by atoms with Crippen molar-refractivity contribution in [3.05, 3.63) is 59.7 Å². The van der Waals surface area contributed by atoms with Crippen LogP contribution in [0.2, 0.25) is 0 Å². The van der Waals surface area contributed by atoms with Gasteiger partial charge in [-0.3, -0.25) is 9.78 Å². The first-order valence-corrected chi connectivity index (χ1v) is 6.37. The average Bonchev–Trinajstić information content (AvgIpc) is 2.48. The standard InChI is InChI=1S/C16H14FN3O/c17-13-6-7-15(12(10-13)4-3-8-18)20-16(21)11-14-5-1-2-9-19-14/h1-2,5-7,9-10H,8,11,18H2,(H,20,21). The molecule has 1 amide bonds. The normalized spacial score (nSPS) is 9.62. The lowest BCUT2D eigenvalue weighted by Crippen LogP contribution is -2.16. The van der Waals surface area contributed by atoms with Gasteiger partial charge in [0.05, 0.1) is 24.2 Å². The summed E-state index contributed by atoms with van der Waals surface area (Å²) in [4.78, 5) is 16.1. The van der Waals surface area contributed by atoms with Crippen LogP contribution in [0.1, 0.15) is 11.3 Å². The Balaban J connectivity index is 2.13. The van der Waals surface area contributed by atoms with E-state index in [2.05, 4.69) is 22.1 Å². The third-order valence-corrected chi connectivity index (χ3v) is 2.65. The van der Waals surface area contributed by atoms with Gasteiger partial charge in [-0.2, -0.15) is 0 Å². The second-order valence-corrected chi connectivity index (χ2v) is 4.24. The lowest BCUT2D eigenvalue weighted by atomic mass is 10.1. The molecule has 1 heterocycles. The Morgan fingerprint density at radius 3 is 2.90 bits per heavy atom. The zero-order valence-electron chi connectivity index (χ0n) is 11.3. The first-order valence-electron chi connectivity index (χ1n) is 6.37. The van der Waals surface area contributed by atoms with Crippen LogP contribution in [-0.2, 0) is 11.2 Å². The minimum absolute atomic E-state index is 0.141. The molecule has 5 heteroatoms. The molecule has 0 aliphatic carbocycles. The predicted octanol–water partition coefficient (Wildman–Crippen LogP) is 1.71. The summed E-state index contributed by atoms with van der Waals surface area (Å²) in [6.45, 7) is 0.165. The number of nitrogens with one attached hydrogen (secondary N) is 1. The van der Waals surface area contributed by atoms with Gasteiger partial charge in [-0.15, -0.1) is 0 Å². The molecule has 106 valence electrons. The number of carbonyl (C=O) groups excluding carboxylic acids is 1. The molecule has 0 saturated carbocycles. The summed E-state index contributed by atoms with van der Waals surface area (Å²) in [7, 11) is 0. The molecule has 0 spiro atoms. The van der Waals surface area contributed by atoms with E-state index in [0.29, 0.717) is 16.9 Å². The number of rotatable bonds is 3. The zero-order valence-corrected chi connectivity index (χ0v) is 11.3. The van der Waals surface area contributed by atoms with Gasteiger partial charge >= 0.3 is 0 Å². The van der Waals surface area contributed by atoms with Crippen LogP contribution in [0.3, 0.4) is 0 Å². The van der Waals surface area contributed by atoms with Crippen molar-refractivity contribution in [3.8, 4) is 11.8 Å². The highest BCUT2D eigenvalue weighted by molar-refractivity contribution is 5.93. The topological polar surface area (TPSA) is 68.0 Å². The predicted molar refractivity (Wildman–Crippen MR) is 78.9 cm³/mol. The number of benzene rings is 1. The molecule has 2 aromatic rings. The highest BCUT2D eigenvalue weighted by Gasteiger charge is 2.08. The van der Waals surface area contributed by atoms with Crippen LogP contribution in [-0.4, -0.2) is 17.4 Å². The highest BCUT2D eigenvalue weighted by Crippen LogP contribution is 2.16. The first-order chi connectivity index (χ1) is 10.2. The molecule has 0 fully saturated rings. The largest absolute Gasteiger partial charge is 0.325 e. The fraction of sp³-hybridized carbons (Fsp3) is 0.125. The van der Waals surface area contributed by atoms with Crippen molar-refractivity contribution in [1.82, 2.24) is 4.98 Å². The minimum atomic E-state index is -0.418. The van der Waals surface area contributed by atoms with Crippen molar-refractivity contribution < 1.29 is 9.18 Å². The second kappa shape index (κ2) is 7.17. The van der Waals surface area contributed by atoms with Crippen LogP contribution in [0, 0.1) is 17.7 Å². The number of hydrogen-bond donors (Lipinski definition) is 2. The number of carbonyl (C=O) groups is 1. The molecule has 21 heavy (non-hydrogen) atoms. The molecule has 0 radical (unpaired) electrons. The number of nitrogens with zero attached hydrogens (tertiary/aromatic N) is 1. The molecule has 4 nitrogen and oxygen atoms in total. The zero-order chi connectivity index (χ0) is 15.1. The molecular weight excluding hydrogens is 269 g/mol. The minimum Gasteiger partial charge on any atom is -0.325 e. The van der Waals surface area contributed by atoms with E-state index in [4.69, 9.17) is 5.73 Å². The van der Waals surface area contributed by atoms with E-state index in [1.54, 1.807) is 18.3 Å². The molecule has 0 atom stereocenters. The summed E-state index contributed by atoms with van der Waals surface area (Å²) in [6, 6.07) is 9.36. The van der Waals surface area contributed by atoms with Crippen LogP contribution in [0.25, 0.3) is 0 Å². The number of pyridine rings is 1. The molecular formula is C16H14FN3O. The van der Waals surface area contributed by atoms with E-state index in [0.717, 1.165) is 0 Å². The van der Waals surface area contributed by atoms with Gasteiger partial charge in [-0.1, -0.05) is 17.9 Å². The Hall–Kier alpha value is -2.71. The Labute approximate surface area is 122 Å². The lowest BCUT2D eigenvalue weighted by Gasteiger charge is -2.07. The summed E-state index contributed by atoms with van der Waals surface area (Å²) in [5, 5.41) is 2.71. The maximum Gasteiger partial charge on any atom is 0.230 e.